The summed E-state index contributed by atoms with van der Waals surface area (Å²) in [4.78, 5) is 2.09. The van der Waals surface area contributed by atoms with Crippen molar-refractivity contribution < 1.29 is 9.13 Å². The molecule has 100 valence electrons. The normalized spacial score (nSPS) is 22.0. The lowest BCUT2D eigenvalue weighted by Crippen LogP contribution is -2.42. The van der Waals surface area contributed by atoms with Crippen LogP contribution in [0, 0.1) is 5.82 Å². The van der Waals surface area contributed by atoms with E-state index in [1.165, 1.54) is 6.07 Å². The molecule has 0 radical (unpaired) electrons. The second-order valence-electron chi connectivity index (χ2n) is 4.82. The lowest BCUT2D eigenvalue weighted by atomic mass is 10.0. The monoisotopic (exact) mass is 252 g/mol. The predicted octanol–water partition coefficient (Wildman–Crippen LogP) is 2.33. The summed E-state index contributed by atoms with van der Waals surface area (Å²) in [6.07, 6.45) is 0.149. The van der Waals surface area contributed by atoms with Crippen molar-refractivity contribution in [1.82, 2.24) is 5.32 Å². The highest BCUT2D eigenvalue weighted by molar-refractivity contribution is 5.56. The molecule has 1 fully saturated rings. The van der Waals surface area contributed by atoms with Crippen molar-refractivity contribution in [2.45, 2.75) is 26.0 Å². The van der Waals surface area contributed by atoms with Gasteiger partial charge in [0.25, 0.3) is 0 Å². The number of nitrogens with one attached hydrogen (secondary N) is 1. The average Bonchev–Trinajstić information content (AvgIpc) is 2.37. The van der Waals surface area contributed by atoms with E-state index in [-0.39, 0.29) is 18.0 Å². The molecule has 1 aliphatic heterocycles. The van der Waals surface area contributed by atoms with Crippen LogP contribution in [0.25, 0.3) is 0 Å². The number of hydrogen-bond acceptors (Lipinski definition) is 3. The summed E-state index contributed by atoms with van der Waals surface area (Å²) in [6, 6.07) is 5.42. The maximum absolute atomic E-state index is 14.1. The topological polar surface area (TPSA) is 24.5 Å². The average molecular weight is 252 g/mol. The molecule has 2 unspecified atom stereocenters. The molecule has 1 aromatic rings. The molecule has 2 atom stereocenters. The first-order valence-electron chi connectivity index (χ1n) is 6.45. The summed E-state index contributed by atoms with van der Waals surface area (Å²) >= 11 is 0. The van der Waals surface area contributed by atoms with Crippen molar-refractivity contribution in [3.8, 4) is 0 Å². The number of para-hydroxylation sites is 1. The second-order valence-corrected chi connectivity index (χ2v) is 4.82. The van der Waals surface area contributed by atoms with Crippen LogP contribution in [-0.4, -0.2) is 32.8 Å². The molecule has 0 aliphatic carbocycles. The maximum Gasteiger partial charge on any atom is 0.146 e. The SMILES string of the molecule is CNC(C)c1cccc(F)c1N1CCOC(C)C1. The number of hydrogen-bond donors (Lipinski definition) is 1. The van der Waals surface area contributed by atoms with Gasteiger partial charge in [-0.2, -0.15) is 0 Å². The molecule has 0 saturated carbocycles. The third-order valence-electron chi connectivity index (χ3n) is 3.47. The lowest BCUT2D eigenvalue weighted by Gasteiger charge is -2.35. The van der Waals surface area contributed by atoms with Gasteiger partial charge in [0.05, 0.1) is 18.4 Å². The highest BCUT2D eigenvalue weighted by atomic mass is 19.1. The Kier molecular flexibility index (Phi) is 4.19. The molecule has 1 heterocycles. The third-order valence-corrected chi connectivity index (χ3v) is 3.47. The van der Waals surface area contributed by atoms with Gasteiger partial charge in [-0.1, -0.05) is 12.1 Å². The molecule has 2 rings (SSSR count). The van der Waals surface area contributed by atoms with Gasteiger partial charge in [0.1, 0.15) is 5.82 Å². The van der Waals surface area contributed by atoms with E-state index in [2.05, 4.69) is 10.2 Å². The van der Waals surface area contributed by atoms with Crippen molar-refractivity contribution in [1.29, 1.82) is 0 Å². The summed E-state index contributed by atoms with van der Waals surface area (Å²) in [7, 11) is 1.89. The Morgan fingerprint density at radius 2 is 2.28 bits per heavy atom. The van der Waals surface area contributed by atoms with E-state index in [9.17, 15) is 4.39 Å². The fourth-order valence-electron chi connectivity index (χ4n) is 2.39. The van der Waals surface area contributed by atoms with Crippen LogP contribution in [0.3, 0.4) is 0 Å². The van der Waals surface area contributed by atoms with Crippen LogP contribution >= 0.6 is 0 Å². The smallest absolute Gasteiger partial charge is 0.146 e. The van der Waals surface area contributed by atoms with Crippen molar-refractivity contribution in [3.63, 3.8) is 0 Å². The van der Waals surface area contributed by atoms with Gasteiger partial charge >= 0.3 is 0 Å². The van der Waals surface area contributed by atoms with Gasteiger partial charge in [0.15, 0.2) is 0 Å². The summed E-state index contributed by atoms with van der Waals surface area (Å²) in [5, 5.41) is 3.17. The van der Waals surface area contributed by atoms with Gasteiger partial charge in [-0.05, 0) is 32.5 Å². The molecular weight excluding hydrogens is 231 g/mol. The summed E-state index contributed by atoms with van der Waals surface area (Å²) in [6.45, 7) is 6.21. The largest absolute Gasteiger partial charge is 0.375 e. The molecule has 18 heavy (non-hydrogen) atoms. The van der Waals surface area contributed by atoms with Crippen molar-refractivity contribution >= 4 is 5.69 Å². The van der Waals surface area contributed by atoms with Crippen LogP contribution in [0.15, 0.2) is 18.2 Å². The Morgan fingerprint density at radius 1 is 1.50 bits per heavy atom. The second kappa shape index (κ2) is 5.67. The minimum Gasteiger partial charge on any atom is -0.375 e. The first-order valence-corrected chi connectivity index (χ1v) is 6.45. The molecule has 1 aromatic carbocycles. The minimum atomic E-state index is -0.149. The lowest BCUT2D eigenvalue weighted by molar-refractivity contribution is 0.0529. The third kappa shape index (κ3) is 2.65. The quantitative estimate of drug-likeness (QED) is 0.893. The van der Waals surface area contributed by atoms with Gasteiger partial charge in [0, 0.05) is 19.1 Å². The molecule has 1 saturated heterocycles. The van der Waals surface area contributed by atoms with E-state index in [4.69, 9.17) is 4.74 Å². The van der Waals surface area contributed by atoms with E-state index in [1.54, 1.807) is 6.07 Å². The molecule has 0 amide bonds. The first-order chi connectivity index (χ1) is 8.63. The molecule has 0 aromatic heterocycles. The molecular formula is C14H21FN2O. The number of morpholine rings is 1. The summed E-state index contributed by atoms with van der Waals surface area (Å²) < 4.78 is 19.7. The highest BCUT2D eigenvalue weighted by Crippen LogP contribution is 2.30. The van der Waals surface area contributed by atoms with Gasteiger partial charge in [0.2, 0.25) is 0 Å². The number of rotatable bonds is 3. The van der Waals surface area contributed by atoms with Crippen LogP contribution in [0.5, 0.6) is 0 Å². The van der Waals surface area contributed by atoms with E-state index in [0.717, 1.165) is 24.3 Å². The predicted molar refractivity (Wildman–Crippen MR) is 71.5 cm³/mol. The Bertz CT molecular complexity index is 411. The Morgan fingerprint density at radius 3 is 2.94 bits per heavy atom. The zero-order valence-corrected chi connectivity index (χ0v) is 11.2. The fourth-order valence-corrected chi connectivity index (χ4v) is 2.39. The van der Waals surface area contributed by atoms with Crippen LogP contribution in [0.1, 0.15) is 25.5 Å². The van der Waals surface area contributed by atoms with Crippen LogP contribution in [0.2, 0.25) is 0 Å². The van der Waals surface area contributed by atoms with Crippen LogP contribution in [0.4, 0.5) is 10.1 Å². The van der Waals surface area contributed by atoms with Gasteiger partial charge in [-0.15, -0.1) is 0 Å². The van der Waals surface area contributed by atoms with Crippen molar-refractivity contribution in [2.24, 2.45) is 0 Å². The summed E-state index contributed by atoms with van der Waals surface area (Å²) in [5.74, 6) is -0.149. The minimum absolute atomic E-state index is 0.133. The first kappa shape index (κ1) is 13.3. The number of benzene rings is 1. The fraction of sp³-hybridized carbons (Fsp3) is 0.571. The van der Waals surface area contributed by atoms with Crippen LogP contribution in [-0.2, 0) is 4.74 Å². The standard InChI is InChI=1S/C14H21FN2O/c1-10-9-17(7-8-18-10)14-12(11(2)16-3)5-4-6-13(14)15/h4-6,10-11,16H,7-9H2,1-3H3. The zero-order chi connectivity index (χ0) is 13.1. The Hall–Kier alpha value is -1.13. The molecule has 0 spiro atoms. The number of ether oxygens (including phenoxy) is 1. The Balaban J connectivity index is 2.35. The van der Waals surface area contributed by atoms with Gasteiger partial charge < -0.3 is 15.0 Å². The number of anilines is 1. The van der Waals surface area contributed by atoms with E-state index < -0.39 is 0 Å². The van der Waals surface area contributed by atoms with Gasteiger partial charge in [-0.25, -0.2) is 4.39 Å². The van der Waals surface area contributed by atoms with Crippen LogP contribution < -0.4 is 10.2 Å². The molecule has 4 heteroatoms. The Labute approximate surface area is 108 Å². The van der Waals surface area contributed by atoms with E-state index in [0.29, 0.717) is 6.61 Å². The van der Waals surface area contributed by atoms with Crippen molar-refractivity contribution in [3.05, 3.63) is 29.6 Å². The number of halogens is 1. The zero-order valence-electron chi connectivity index (χ0n) is 11.2. The number of nitrogens with zero attached hydrogens (tertiary/aromatic N) is 1. The molecule has 1 aliphatic rings. The summed E-state index contributed by atoms with van der Waals surface area (Å²) in [5.41, 5.74) is 1.72. The highest BCUT2D eigenvalue weighted by Gasteiger charge is 2.23. The van der Waals surface area contributed by atoms with E-state index >= 15 is 0 Å². The molecule has 0 bridgehead atoms. The maximum atomic E-state index is 14.1. The molecule has 1 N–H and O–H groups in total. The van der Waals surface area contributed by atoms with Crippen molar-refractivity contribution in [2.75, 3.05) is 31.6 Å². The molecule has 3 nitrogen and oxygen atoms in total. The van der Waals surface area contributed by atoms with Gasteiger partial charge in [-0.3, -0.25) is 0 Å². The van der Waals surface area contributed by atoms with E-state index in [1.807, 2.05) is 27.0 Å².